The number of carbonyl (C=O) groups is 1. The number of carbonyl (C=O) groups excluding carboxylic acids is 1. The quantitative estimate of drug-likeness (QED) is 0.558. The molecule has 1 amide bonds. The Kier molecular flexibility index (Phi) is 20.2. The Morgan fingerprint density at radius 2 is 1.52 bits per heavy atom. The van der Waals surface area contributed by atoms with E-state index in [4.69, 9.17) is 5.11 Å². The van der Waals surface area contributed by atoms with Crippen LogP contribution in [0.25, 0.3) is 0 Å². The van der Waals surface area contributed by atoms with Crippen LogP contribution in [0, 0.1) is 17.8 Å². The maximum absolute atomic E-state index is 10.7. The number of halogens is 1. The number of aliphatic hydroxyl groups excluding tert-OH is 1. The van der Waals surface area contributed by atoms with Crippen LogP contribution in [0.5, 0.6) is 0 Å². The second kappa shape index (κ2) is 15.2. The molecular weight excluding hydrogens is 312 g/mol. The maximum Gasteiger partial charge on any atom is 0.224 e. The lowest BCUT2D eigenvalue weighted by molar-refractivity contribution is -0.880. The van der Waals surface area contributed by atoms with Crippen molar-refractivity contribution in [3.05, 3.63) is 0 Å². The van der Waals surface area contributed by atoms with E-state index in [0.717, 1.165) is 18.3 Å². The number of amides is 1. The molecule has 1 heterocycles. The lowest BCUT2D eigenvalue weighted by Gasteiger charge is -2.23. The van der Waals surface area contributed by atoms with Gasteiger partial charge in [-0.25, -0.2) is 0 Å². The minimum Gasteiger partial charge on any atom is -1.00 e. The average Bonchev–Trinajstić information content (AvgIpc) is 2.73. The van der Waals surface area contributed by atoms with Gasteiger partial charge in [0, 0.05) is 17.8 Å². The number of likely N-dealkylation sites (tertiary alicyclic amines) is 1. The summed E-state index contributed by atoms with van der Waals surface area (Å²) in [4.78, 5) is 10.7. The summed E-state index contributed by atoms with van der Waals surface area (Å²) in [5.41, 5.74) is 0. The highest BCUT2D eigenvalue weighted by Crippen LogP contribution is 2.30. The first-order valence-electron chi connectivity index (χ1n) is 8.01. The smallest absolute Gasteiger partial charge is 0.224 e. The van der Waals surface area contributed by atoms with Gasteiger partial charge in [0.1, 0.15) is 6.73 Å². The van der Waals surface area contributed by atoms with Crippen molar-refractivity contribution in [3.63, 3.8) is 0 Å². The summed E-state index contributed by atoms with van der Waals surface area (Å²) in [5.74, 6) is 1.92. The molecule has 3 unspecified atom stereocenters. The standard InChI is InChI=1S/C10H22N.C6H13NO2.2CH4.ClH/c1-5-9-7-11(3,4)8-10(9)6-2;1-3-5(2)6(9)7-4-8;;;/h9-10H,5-8H2,1-4H3;5,8H,3-4H2,1-2H3,(H,7,9);2*1H4;1H/q+1;;;;/p-1. The third-order valence-corrected chi connectivity index (χ3v) is 4.49. The second-order valence-electron chi connectivity index (χ2n) is 6.65. The number of hydrogen-bond donors (Lipinski definition) is 2. The van der Waals surface area contributed by atoms with Gasteiger partial charge >= 0.3 is 0 Å². The fourth-order valence-corrected chi connectivity index (χ4v) is 3.00. The summed E-state index contributed by atoms with van der Waals surface area (Å²) in [5, 5.41) is 10.6. The number of nitrogens with zero attached hydrogens (tertiary/aromatic N) is 1. The molecule has 0 aromatic heterocycles. The fourth-order valence-electron chi connectivity index (χ4n) is 3.00. The van der Waals surface area contributed by atoms with E-state index in [9.17, 15) is 4.79 Å². The first-order chi connectivity index (χ1) is 9.31. The molecular formula is C18H43ClN2O2. The molecule has 1 rings (SSSR count). The molecule has 0 aliphatic carbocycles. The summed E-state index contributed by atoms with van der Waals surface area (Å²) >= 11 is 0. The van der Waals surface area contributed by atoms with Crippen LogP contribution in [0.3, 0.4) is 0 Å². The Hall–Kier alpha value is -0.320. The van der Waals surface area contributed by atoms with E-state index in [1.54, 1.807) is 0 Å². The summed E-state index contributed by atoms with van der Waals surface area (Å²) in [6.45, 7) is 11.0. The lowest BCUT2D eigenvalue weighted by atomic mass is 9.92. The molecule has 5 heteroatoms. The summed E-state index contributed by atoms with van der Waals surface area (Å²) < 4.78 is 1.25. The number of rotatable bonds is 5. The number of nitrogens with one attached hydrogen (secondary N) is 1. The molecule has 0 bridgehead atoms. The van der Waals surface area contributed by atoms with Gasteiger partial charge in [0.2, 0.25) is 5.91 Å². The van der Waals surface area contributed by atoms with E-state index in [2.05, 4.69) is 33.3 Å². The minimum absolute atomic E-state index is 0. The first kappa shape index (κ1) is 30.5. The fraction of sp³-hybridized carbons (Fsp3) is 0.944. The van der Waals surface area contributed by atoms with Crippen molar-refractivity contribution < 1.29 is 26.8 Å². The van der Waals surface area contributed by atoms with Gasteiger partial charge in [-0.05, 0) is 19.3 Å². The number of aliphatic hydroxyl groups is 1. The molecule has 2 N–H and O–H groups in total. The predicted molar refractivity (Wildman–Crippen MR) is 97.5 cm³/mol. The van der Waals surface area contributed by atoms with Gasteiger partial charge < -0.3 is 27.3 Å². The molecule has 0 aromatic rings. The van der Waals surface area contributed by atoms with E-state index in [0.29, 0.717) is 0 Å². The Morgan fingerprint density at radius 1 is 1.13 bits per heavy atom. The zero-order chi connectivity index (χ0) is 15.8. The topological polar surface area (TPSA) is 49.3 Å². The molecule has 1 saturated heterocycles. The maximum atomic E-state index is 10.7. The van der Waals surface area contributed by atoms with Crippen LogP contribution < -0.4 is 17.7 Å². The van der Waals surface area contributed by atoms with E-state index < -0.39 is 0 Å². The van der Waals surface area contributed by atoms with Crippen molar-refractivity contribution >= 4 is 5.91 Å². The van der Waals surface area contributed by atoms with Gasteiger partial charge in [0.25, 0.3) is 0 Å². The summed E-state index contributed by atoms with van der Waals surface area (Å²) in [6, 6.07) is 0. The Morgan fingerprint density at radius 3 is 1.78 bits per heavy atom. The van der Waals surface area contributed by atoms with Crippen LogP contribution in [0.15, 0.2) is 0 Å². The second-order valence-corrected chi connectivity index (χ2v) is 6.65. The van der Waals surface area contributed by atoms with E-state index in [-0.39, 0.29) is 45.8 Å². The average molecular weight is 355 g/mol. The van der Waals surface area contributed by atoms with Crippen LogP contribution in [0.4, 0.5) is 0 Å². The zero-order valence-corrected chi connectivity index (χ0v) is 15.4. The molecule has 23 heavy (non-hydrogen) atoms. The molecule has 144 valence electrons. The van der Waals surface area contributed by atoms with E-state index in [1.165, 1.54) is 30.4 Å². The van der Waals surface area contributed by atoms with Crippen LogP contribution in [0.2, 0.25) is 0 Å². The van der Waals surface area contributed by atoms with Crippen LogP contribution in [-0.2, 0) is 4.79 Å². The van der Waals surface area contributed by atoms with Crippen molar-refractivity contribution in [3.8, 4) is 0 Å². The largest absolute Gasteiger partial charge is 1.00 e. The highest BCUT2D eigenvalue weighted by molar-refractivity contribution is 5.77. The van der Waals surface area contributed by atoms with Gasteiger partial charge in [-0.15, -0.1) is 0 Å². The van der Waals surface area contributed by atoms with Crippen LogP contribution in [-0.4, -0.2) is 49.4 Å². The van der Waals surface area contributed by atoms with Crippen molar-refractivity contribution in [2.24, 2.45) is 17.8 Å². The predicted octanol–water partition coefficient (Wildman–Crippen LogP) is 0.504. The molecule has 0 saturated carbocycles. The van der Waals surface area contributed by atoms with Gasteiger partial charge in [-0.3, -0.25) is 4.79 Å². The Balaban J connectivity index is -0.000000141. The van der Waals surface area contributed by atoms with E-state index in [1.807, 2.05) is 13.8 Å². The summed E-state index contributed by atoms with van der Waals surface area (Å²) in [6.07, 6.45) is 3.56. The minimum atomic E-state index is -0.261. The molecule has 0 radical (unpaired) electrons. The monoisotopic (exact) mass is 354 g/mol. The SMILES string of the molecule is C.C.CCC(C)C(=O)NCO.CCC1C[N+](C)(C)CC1CC.[Cl-]. The first-order valence-corrected chi connectivity index (χ1v) is 8.01. The highest BCUT2D eigenvalue weighted by Gasteiger charge is 2.37. The third kappa shape index (κ3) is 11.8. The molecule has 4 nitrogen and oxygen atoms in total. The normalized spacial score (nSPS) is 22.2. The van der Waals surface area contributed by atoms with Gasteiger partial charge in [0.15, 0.2) is 0 Å². The van der Waals surface area contributed by atoms with Gasteiger partial charge in [0.05, 0.1) is 27.2 Å². The zero-order valence-electron chi connectivity index (χ0n) is 14.7. The molecule has 1 aliphatic heterocycles. The van der Waals surface area contributed by atoms with Crippen molar-refractivity contribution in [1.82, 2.24) is 5.32 Å². The van der Waals surface area contributed by atoms with Crippen LogP contribution in [0.1, 0.15) is 61.8 Å². The third-order valence-electron chi connectivity index (χ3n) is 4.49. The molecule has 0 spiro atoms. The number of hydrogen-bond acceptors (Lipinski definition) is 2. The van der Waals surface area contributed by atoms with Gasteiger partial charge in [-0.2, -0.15) is 0 Å². The Labute approximate surface area is 152 Å². The molecule has 1 fully saturated rings. The molecule has 3 atom stereocenters. The highest BCUT2D eigenvalue weighted by atomic mass is 35.5. The summed E-state index contributed by atoms with van der Waals surface area (Å²) in [7, 11) is 4.72. The van der Waals surface area contributed by atoms with Crippen LogP contribution >= 0.6 is 0 Å². The molecule has 0 aromatic carbocycles. The Bertz CT molecular complexity index is 272. The lowest BCUT2D eigenvalue weighted by Crippen LogP contribution is -3.00. The van der Waals surface area contributed by atoms with Crippen molar-refractivity contribution in [2.75, 3.05) is 33.9 Å². The van der Waals surface area contributed by atoms with Gasteiger partial charge in [-0.1, -0.05) is 42.5 Å². The van der Waals surface area contributed by atoms with Crippen molar-refractivity contribution in [1.29, 1.82) is 0 Å². The van der Waals surface area contributed by atoms with E-state index >= 15 is 0 Å². The number of quaternary nitrogens is 1. The molecule has 1 aliphatic rings. The van der Waals surface area contributed by atoms with Crippen molar-refractivity contribution in [2.45, 2.75) is 61.8 Å².